The highest BCUT2D eigenvalue weighted by molar-refractivity contribution is 7.98. The van der Waals surface area contributed by atoms with Crippen LogP contribution >= 0.6 is 23.1 Å². The second-order valence-corrected chi connectivity index (χ2v) is 7.67. The third-order valence-corrected chi connectivity index (χ3v) is 5.91. The fourth-order valence-corrected chi connectivity index (χ4v) is 4.26. The monoisotopic (exact) mass is 382 g/mol. The maximum absolute atomic E-state index is 5.59. The number of oxazole rings is 1. The van der Waals surface area contributed by atoms with Gasteiger partial charge in [-0.25, -0.2) is 4.98 Å². The molecule has 1 aromatic carbocycles. The number of thiophene rings is 1. The Balaban J connectivity index is 1.53. The molecule has 0 aliphatic carbocycles. The minimum absolute atomic E-state index is 0.674. The van der Waals surface area contributed by atoms with Crippen molar-refractivity contribution in [1.82, 2.24) is 19.7 Å². The van der Waals surface area contributed by atoms with Gasteiger partial charge in [0.15, 0.2) is 11.0 Å². The maximum Gasteiger partial charge on any atom is 0.236 e. The van der Waals surface area contributed by atoms with Crippen molar-refractivity contribution in [2.24, 2.45) is 0 Å². The zero-order chi connectivity index (χ0) is 17.9. The highest BCUT2D eigenvalue weighted by Crippen LogP contribution is 2.29. The molecule has 3 aromatic heterocycles. The number of rotatable bonds is 6. The number of thioether (sulfide) groups is 1. The maximum atomic E-state index is 5.59. The average Bonchev–Trinajstić information content (AvgIpc) is 3.39. The fraction of sp³-hybridized carbons (Fsp3) is 0.211. The van der Waals surface area contributed by atoms with Crippen molar-refractivity contribution in [1.29, 1.82) is 0 Å². The third-order valence-electron chi connectivity index (χ3n) is 4.05. The smallest absolute Gasteiger partial charge is 0.236 e. The summed E-state index contributed by atoms with van der Waals surface area (Å²) in [6.07, 6.45) is 1.72. The molecule has 0 bridgehead atoms. The Morgan fingerprint density at radius 3 is 2.81 bits per heavy atom. The van der Waals surface area contributed by atoms with Gasteiger partial charge in [0.1, 0.15) is 6.26 Å². The van der Waals surface area contributed by atoms with Gasteiger partial charge in [0.25, 0.3) is 0 Å². The lowest BCUT2D eigenvalue weighted by molar-refractivity contribution is 0.575. The highest BCUT2D eigenvalue weighted by atomic mass is 32.2. The van der Waals surface area contributed by atoms with E-state index in [2.05, 4.69) is 45.7 Å². The molecule has 7 heteroatoms. The quantitative estimate of drug-likeness (QED) is 0.425. The molecular formula is C19H18N4OS2. The van der Waals surface area contributed by atoms with Gasteiger partial charge >= 0.3 is 0 Å². The second kappa shape index (κ2) is 7.47. The molecule has 3 heterocycles. The summed E-state index contributed by atoms with van der Waals surface area (Å²) >= 11 is 3.25. The van der Waals surface area contributed by atoms with E-state index in [9.17, 15) is 0 Å². The number of hydrogen-bond donors (Lipinski definition) is 0. The van der Waals surface area contributed by atoms with Crippen molar-refractivity contribution in [2.45, 2.75) is 31.3 Å². The van der Waals surface area contributed by atoms with Crippen molar-refractivity contribution in [3.8, 4) is 22.2 Å². The zero-order valence-corrected chi connectivity index (χ0v) is 16.2. The first-order valence-electron chi connectivity index (χ1n) is 8.36. The van der Waals surface area contributed by atoms with Gasteiger partial charge in [-0.2, -0.15) is 0 Å². The molecule has 4 aromatic rings. The summed E-state index contributed by atoms with van der Waals surface area (Å²) in [4.78, 5) is 5.61. The number of benzene rings is 1. The molecule has 0 amide bonds. The average molecular weight is 383 g/mol. The van der Waals surface area contributed by atoms with E-state index in [0.717, 1.165) is 33.7 Å². The molecule has 0 atom stereocenters. The lowest BCUT2D eigenvalue weighted by atomic mass is 10.1. The SMILES string of the molecule is CCn1c(SCc2coc(-c3cccs3)n2)nnc1-c1ccccc1C. The lowest BCUT2D eigenvalue weighted by Gasteiger charge is -2.08. The summed E-state index contributed by atoms with van der Waals surface area (Å²) < 4.78 is 7.73. The number of aryl methyl sites for hydroxylation is 1. The molecule has 0 saturated heterocycles. The lowest BCUT2D eigenvalue weighted by Crippen LogP contribution is -2.00. The summed E-state index contributed by atoms with van der Waals surface area (Å²) in [5.41, 5.74) is 3.22. The summed E-state index contributed by atoms with van der Waals surface area (Å²) in [6, 6.07) is 12.3. The van der Waals surface area contributed by atoms with Crippen molar-refractivity contribution >= 4 is 23.1 Å². The van der Waals surface area contributed by atoms with Gasteiger partial charge in [0, 0.05) is 17.9 Å². The minimum Gasteiger partial charge on any atom is -0.444 e. The molecule has 132 valence electrons. The van der Waals surface area contributed by atoms with E-state index in [-0.39, 0.29) is 0 Å². The minimum atomic E-state index is 0.674. The Hall–Kier alpha value is -2.38. The van der Waals surface area contributed by atoms with Gasteiger partial charge < -0.3 is 8.98 Å². The topological polar surface area (TPSA) is 56.7 Å². The number of nitrogens with zero attached hydrogens (tertiary/aromatic N) is 4. The summed E-state index contributed by atoms with van der Waals surface area (Å²) in [5, 5.41) is 11.7. The van der Waals surface area contributed by atoms with Gasteiger partial charge in [-0.15, -0.1) is 21.5 Å². The molecule has 5 nitrogen and oxygen atoms in total. The molecule has 0 saturated carbocycles. The van der Waals surface area contributed by atoms with Crippen LogP contribution in [0.4, 0.5) is 0 Å². The van der Waals surface area contributed by atoms with Gasteiger partial charge in [-0.1, -0.05) is 42.1 Å². The Morgan fingerprint density at radius 1 is 1.15 bits per heavy atom. The molecule has 0 unspecified atom stereocenters. The van der Waals surface area contributed by atoms with Gasteiger partial charge in [0.2, 0.25) is 5.89 Å². The van der Waals surface area contributed by atoms with Crippen molar-refractivity contribution in [2.75, 3.05) is 0 Å². The van der Waals surface area contributed by atoms with E-state index in [0.29, 0.717) is 11.6 Å². The Bertz CT molecular complexity index is 1000. The van der Waals surface area contributed by atoms with Crippen LogP contribution in [0.2, 0.25) is 0 Å². The highest BCUT2D eigenvalue weighted by Gasteiger charge is 2.15. The second-order valence-electron chi connectivity index (χ2n) is 5.78. The van der Waals surface area contributed by atoms with E-state index >= 15 is 0 Å². The normalized spacial score (nSPS) is 11.2. The first-order chi connectivity index (χ1) is 12.8. The number of aromatic nitrogens is 4. The van der Waals surface area contributed by atoms with Crippen LogP contribution in [0, 0.1) is 6.92 Å². The Labute approximate surface area is 160 Å². The largest absolute Gasteiger partial charge is 0.444 e. The molecule has 0 aliphatic rings. The Morgan fingerprint density at radius 2 is 2.04 bits per heavy atom. The van der Waals surface area contributed by atoms with E-state index in [4.69, 9.17) is 4.42 Å². The summed E-state index contributed by atoms with van der Waals surface area (Å²) in [7, 11) is 0. The van der Waals surface area contributed by atoms with Crippen LogP contribution in [0.15, 0.2) is 57.6 Å². The molecule has 4 rings (SSSR count). The van der Waals surface area contributed by atoms with Gasteiger partial charge in [-0.3, -0.25) is 0 Å². The number of hydrogen-bond acceptors (Lipinski definition) is 6. The van der Waals surface area contributed by atoms with Crippen LogP contribution in [0.3, 0.4) is 0 Å². The first-order valence-corrected chi connectivity index (χ1v) is 10.2. The van der Waals surface area contributed by atoms with E-state index < -0.39 is 0 Å². The third kappa shape index (κ3) is 3.32. The van der Waals surface area contributed by atoms with Crippen LogP contribution in [0.1, 0.15) is 18.2 Å². The van der Waals surface area contributed by atoms with Crippen LogP contribution < -0.4 is 0 Å². The molecule has 26 heavy (non-hydrogen) atoms. The van der Waals surface area contributed by atoms with E-state index in [1.165, 1.54) is 5.56 Å². The molecule has 0 fully saturated rings. The predicted octanol–water partition coefficient (Wildman–Crippen LogP) is 5.28. The molecule has 0 N–H and O–H groups in total. The van der Waals surface area contributed by atoms with E-state index in [1.807, 2.05) is 29.6 Å². The first kappa shape index (κ1) is 17.1. The van der Waals surface area contributed by atoms with Crippen molar-refractivity contribution in [3.05, 3.63) is 59.3 Å². The summed E-state index contributed by atoms with van der Waals surface area (Å²) in [5.74, 6) is 2.28. The zero-order valence-electron chi connectivity index (χ0n) is 14.5. The van der Waals surface area contributed by atoms with Crippen molar-refractivity contribution in [3.63, 3.8) is 0 Å². The van der Waals surface area contributed by atoms with Gasteiger partial charge in [0.05, 0.1) is 10.6 Å². The standard InChI is InChI=1S/C19H18N4OS2/c1-3-23-17(15-8-5-4-7-13(15)2)21-22-19(23)26-12-14-11-24-18(20-14)16-9-6-10-25-16/h4-11H,3,12H2,1-2H3. The van der Waals surface area contributed by atoms with Crippen LogP contribution in [-0.2, 0) is 12.3 Å². The van der Waals surface area contributed by atoms with Crippen molar-refractivity contribution < 1.29 is 4.42 Å². The molecular weight excluding hydrogens is 364 g/mol. The molecule has 0 aliphatic heterocycles. The van der Waals surface area contributed by atoms with Crippen LogP contribution in [-0.4, -0.2) is 19.7 Å². The van der Waals surface area contributed by atoms with Gasteiger partial charge in [-0.05, 0) is 30.9 Å². The summed E-state index contributed by atoms with van der Waals surface area (Å²) in [6.45, 7) is 5.02. The predicted molar refractivity (Wildman–Crippen MR) is 105 cm³/mol. The van der Waals surface area contributed by atoms with E-state index in [1.54, 1.807) is 29.4 Å². The molecule has 0 spiro atoms. The van der Waals surface area contributed by atoms with Crippen LogP contribution in [0.5, 0.6) is 0 Å². The molecule has 0 radical (unpaired) electrons. The Kier molecular flexibility index (Phi) is 4.90. The fourth-order valence-electron chi connectivity index (χ4n) is 2.73. The van der Waals surface area contributed by atoms with Crippen LogP contribution in [0.25, 0.3) is 22.2 Å².